The number of nitrogens with one attached hydrogen (secondary N) is 2. The molecule has 4 aromatic rings. The van der Waals surface area contributed by atoms with Gasteiger partial charge in [-0.1, -0.05) is 12.1 Å². The summed E-state index contributed by atoms with van der Waals surface area (Å²) in [5.41, 5.74) is 8.57. The maximum atomic E-state index is 10.8. The molecule has 0 saturated carbocycles. The maximum absolute atomic E-state index is 10.8. The number of aryl methyl sites for hydroxylation is 1. The van der Waals surface area contributed by atoms with Crippen LogP contribution in [0.1, 0.15) is 18.2 Å². The maximum Gasteiger partial charge on any atom is 0.162 e. The number of halogens is 1. The van der Waals surface area contributed by atoms with Crippen LogP contribution in [-0.2, 0) is 11.2 Å². The van der Waals surface area contributed by atoms with Gasteiger partial charge in [0.2, 0.25) is 0 Å². The van der Waals surface area contributed by atoms with Gasteiger partial charge in [0.15, 0.2) is 11.9 Å². The van der Waals surface area contributed by atoms with Gasteiger partial charge in [0.05, 0.1) is 27.8 Å². The molecule has 0 spiro atoms. The summed E-state index contributed by atoms with van der Waals surface area (Å²) in [7, 11) is 1.50. The number of benzene rings is 1. The molecule has 0 aliphatic heterocycles. The first-order valence-electron chi connectivity index (χ1n) is 9.71. The van der Waals surface area contributed by atoms with E-state index in [0.717, 1.165) is 20.9 Å². The van der Waals surface area contributed by atoms with Crippen LogP contribution >= 0.6 is 15.9 Å². The third kappa shape index (κ3) is 4.19. The Morgan fingerprint density at radius 1 is 1.29 bits per heavy atom. The topological polar surface area (TPSA) is 146 Å². The number of aromatic amines is 1. The van der Waals surface area contributed by atoms with Gasteiger partial charge in [-0.3, -0.25) is 5.41 Å². The molecule has 10 heteroatoms. The molecule has 31 heavy (non-hydrogen) atoms. The number of methoxy groups -OCH3 is 1. The molecule has 0 unspecified atom stereocenters. The zero-order valence-electron chi connectivity index (χ0n) is 16.8. The average molecular weight is 487 g/mol. The summed E-state index contributed by atoms with van der Waals surface area (Å²) in [6.45, 7) is 0. The molecular weight excluding hydrogens is 464 g/mol. The highest BCUT2D eigenvalue weighted by atomic mass is 79.9. The van der Waals surface area contributed by atoms with Crippen LogP contribution in [0.3, 0.4) is 0 Å². The molecule has 3 heterocycles. The van der Waals surface area contributed by atoms with E-state index in [9.17, 15) is 10.2 Å². The van der Waals surface area contributed by atoms with Gasteiger partial charge in [0, 0.05) is 18.7 Å². The summed E-state index contributed by atoms with van der Waals surface area (Å²) >= 11 is 3.38. The number of pyridine rings is 2. The molecule has 1 aromatic carbocycles. The number of anilines is 1. The Morgan fingerprint density at radius 2 is 2.10 bits per heavy atom. The number of hydrogen-bond donors (Lipinski definition) is 5. The normalized spacial score (nSPS) is 14.7. The minimum atomic E-state index is -1.29. The van der Waals surface area contributed by atoms with E-state index in [-0.39, 0.29) is 5.36 Å². The van der Waals surface area contributed by atoms with E-state index in [1.165, 1.54) is 30.3 Å². The van der Waals surface area contributed by atoms with Gasteiger partial charge in [-0.25, -0.2) is 9.97 Å². The molecule has 3 aromatic heterocycles. The molecule has 0 aliphatic rings. The van der Waals surface area contributed by atoms with Gasteiger partial charge in [-0.2, -0.15) is 0 Å². The van der Waals surface area contributed by atoms with Crippen LogP contribution < -0.4 is 11.1 Å². The second-order valence-corrected chi connectivity index (χ2v) is 8.19. The summed E-state index contributed by atoms with van der Waals surface area (Å²) in [5, 5.41) is 30.7. The van der Waals surface area contributed by atoms with Gasteiger partial charge >= 0.3 is 0 Å². The number of H-pyrrole nitrogens is 1. The van der Waals surface area contributed by atoms with E-state index >= 15 is 0 Å². The van der Waals surface area contributed by atoms with Gasteiger partial charge in [-0.05, 0) is 52.5 Å². The lowest BCUT2D eigenvalue weighted by Crippen LogP contribution is -2.37. The van der Waals surface area contributed by atoms with E-state index in [2.05, 4.69) is 30.9 Å². The molecule has 0 amide bonds. The Labute approximate surface area is 186 Å². The van der Waals surface area contributed by atoms with E-state index in [0.29, 0.717) is 29.8 Å². The number of ether oxygens (including phenoxy) is 1. The Hall–Kier alpha value is -2.79. The molecule has 6 N–H and O–H groups in total. The van der Waals surface area contributed by atoms with Crippen molar-refractivity contribution in [1.82, 2.24) is 19.5 Å². The lowest BCUT2D eigenvalue weighted by molar-refractivity contribution is -0.104. The number of aliphatic hydroxyl groups excluding tert-OH is 2. The first-order valence-corrected chi connectivity index (χ1v) is 10.5. The summed E-state index contributed by atoms with van der Waals surface area (Å²) < 4.78 is 7.67. The van der Waals surface area contributed by atoms with Crippen molar-refractivity contribution in [1.29, 1.82) is 5.41 Å². The molecule has 0 fully saturated rings. The Bertz CT molecular complexity index is 1290. The predicted molar refractivity (Wildman–Crippen MR) is 120 cm³/mol. The number of imidazole rings is 1. The SMILES string of the molecule is CO[C@H](CCc1ccc2cc(Br)c(N)nc2c1)[C@@H](O)[C@@H](O)n1ccc(=N)c2[nH]cnc21. The second-order valence-electron chi connectivity index (χ2n) is 7.34. The van der Waals surface area contributed by atoms with E-state index < -0.39 is 18.4 Å². The molecular formula is C21H23BrN6O3. The van der Waals surface area contributed by atoms with Crippen LogP contribution in [0.25, 0.3) is 22.1 Å². The van der Waals surface area contributed by atoms with Gasteiger partial charge in [0.1, 0.15) is 17.4 Å². The fourth-order valence-electron chi connectivity index (χ4n) is 3.65. The van der Waals surface area contributed by atoms with Crippen molar-refractivity contribution >= 4 is 43.8 Å². The number of aromatic nitrogens is 4. The molecule has 3 atom stereocenters. The minimum Gasteiger partial charge on any atom is -0.386 e. The molecule has 0 saturated heterocycles. The highest BCUT2D eigenvalue weighted by Gasteiger charge is 2.28. The molecule has 0 radical (unpaired) electrons. The Morgan fingerprint density at radius 3 is 2.87 bits per heavy atom. The second kappa shape index (κ2) is 8.75. The van der Waals surface area contributed by atoms with Crippen molar-refractivity contribution < 1.29 is 14.9 Å². The first-order chi connectivity index (χ1) is 14.9. The molecule has 162 valence electrons. The zero-order valence-corrected chi connectivity index (χ0v) is 18.4. The quantitative estimate of drug-likeness (QED) is 0.270. The van der Waals surface area contributed by atoms with Crippen LogP contribution in [0.15, 0.2) is 47.3 Å². The standard InChI is InChI=1S/C21H23BrN6O3/c1-31-16(5-3-11-2-4-12-9-13(22)19(24)27-15(12)8-11)18(29)21(30)28-7-6-14(23)17-20(28)26-10-25-17/h2,4,6-10,16,18,21,23,29-30H,3,5H2,1H3,(H2,24,27)(H,25,26)/t16-,18-,21-/m1/s1. The molecule has 4 rings (SSSR count). The van der Waals surface area contributed by atoms with Crippen molar-refractivity contribution in [2.24, 2.45) is 0 Å². The van der Waals surface area contributed by atoms with E-state index in [1.54, 1.807) is 0 Å². The van der Waals surface area contributed by atoms with Crippen LogP contribution in [0.2, 0.25) is 0 Å². The van der Waals surface area contributed by atoms with Crippen molar-refractivity contribution in [2.75, 3.05) is 12.8 Å². The number of nitrogens with two attached hydrogens (primary N) is 1. The van der Waals surface area contributed by atoms with E-state index in [1.807, 2.05) is 24.3 Å². The molecule has 0 aliphatic carbocycles. The summed E-state index contributed by atoms with van der Waals surface area (Å²) in [6, 6.07) is 9.39. The average Bonchev–Trinajstić information content (AvgIpc) is 3.25. The monoisotopic (exact) mass is 486 g/mol. The van der Waals surface area contributed by atoms with Crippen molar-refractivity contribution in [3.05, 3.63) is 58.2 Å². The molecule has 0 bridgehead atoms. The fourth-order valence-corrected chi connectivity index (χ4v) is 3.99. The summed E-state index contributed by atoms with van der Waals surface area (Å²) in [5.74, 6) is 0.429. The highest BCUT2D eigenvalue weighted by molar-refractivity contribution is 9.10. The van der Waals surface area contributed by atoms with Crippen LogP contribution in [-0.4, -0.2) is 49.0 Å². The van der Waals surface area contributed by atoms with Gasteiger partial charge < -0.3 is 30.2 Å². The number of hydrogen-bond acceptors (Lipinski definition) is 7. The summed E-state index contributed by atoms with van der Waals surface area (Å²) in [6.07, 6.45) is 0.973. The Kier molecular flexibility index (Phi) is 6.05. The number of aliphatic hydroxyl groups is 2. The van der Waals surface area contributed by atoms with Crippen LogP contribution in [0.4, 0.5) is 5.82 Å². The largest absolute Gasteiger partial charge is 0.386 e. The highest BCUT2D eigenvalue weighted by Crippen LogP contribution is 2.25. The smallest absolute Gasteiger partial charge is 0.162 e. The van der Waals surface area contributed by atoms with E-state index in [4.69, 9.17) is 15.9 Å². The number of rotatable bonds is 7. The third-order valence-electron chi connectivity index (χ3n) is 5.39. The summed E-state index contributed by atoms with van der Waals surface area (Å²) in [4.78, 5) is 11.4. The number of nitrogen functional groups attached to an aromatic ring is 1. The third-order valence-corrected chi connectivity index (χ3v) is 6.02. The number of nitrogens with zero attached hydrogens (tertiary/aromatic N) is 3. The van der Waals surface area contributed by atoms with Gasteiger partial charge in [0.25, 0.3) is 0 Å². The van der Waals surface area contributed by atoms with Crippen molar-refractivity contribution in [3.63, 3.8) is 0 Å². The lowest BCUT2D eigenvalue weighted by Gasteiger charge is -2.27. The Balaban J connectivity index is 1.51. The zero-order chi connectivity index (χ0) is 22.1. The van der Waals surface area contributed by atoms with Crippen molar-refractivity contribution in [2.45, 2.75) is 31.3 Å². The van der Waals surface area contributed by atoms with Crippen molar-refractivity contribution in [3.8, 4) is 0 Å². The minimum absolute atomic E-state index is 0.256. The first kappa shape index (κ1) is 21.4. The lowest BCUT2D eigenvalue weighted by atomic mass is 10.0. The van der Waals surface area contributed by atoms with Crippen LogP contribution in [0.5, 0.6) is 0 Å². The van der Waals surface area contributed by atoms with Crippen LogP contribution in [0, 0.1) is 5.41 Å². The van der Waals surface area contributed by atoms with Gasteiger partial charge in [-0.15, -0.1) is 0 Å². The number of fused-ring (bicyclic) bond motifs is 2. The fraction of sp³-hybridized carbons (Fsp3) is 0.286. The molecule has 9 nitrogen and oxygen atoms in total. The predicted octanol–water partition coefficient (Wildman–Crippen LogP) is 2.24.